The molecule has 0 aliphatic carbocycles. The van der Waals surface area contributed by atoms with Crippen LogP contribution in [-0.4, -0.2) is 34.9 Å². The zero-order valence-corrected chi connectivity index (χ0v) is 19.9. The molecule has 4 rings (SSSR count). The van der Waals surface area contributed by atoms with Gasteiger partial charge in [0.1, 0.15) is 11.4 Å². The van der Waals surface area contributed by atoms with Gasteiger partial charge < -0.3 is 10.1 Å². The predicted molar refractivity (Wildman–Crippen MR) is 136 cm³/mol. The van der Waals surface area contributed by atoms with Crippen molar-refractivity contribution in [2.45, 2.75) is 0 Å². The third-order valence-corrected chi connectivity index (χ3v) is 5.44. The Balaban J connectivity index is 1.54. The van der Waals surface area contributed by atoms with Gasteiger partial charge in [0.15, 0.2) is 0 Å². The second-order valence-electron chi connectivity index (χ2n) is 7.22. The maximum absolute atomic E-state index is 12.2. The molecule has 1 heterocycles. The lowest BCUT2D eigenvalue weighted by molar-refractivity contribution is -0.136. The molecule has 0 saturated carbocycles. The summed E-state index contributed by atoms with van der Waals surface area (Å²) < 4.78 is 6.93. The standard InChI is InChI=1S/C25H19Cl2N5O3/c1-35-20-10-7-16(8-11-20)23-17(15-32(31-23)19-5-3-2-4-6-19)14-28-30-25(34)24(33)29-22-13-18(26)9-12-21(22)27/h2-15H,1H3,(H,29,33)(H,30,34). The van der Waals surface area contributed by atoms with Crippen LogP contribution in [0.1, 0.15) is 5.56 Å². The number of rotatable bonds is 6. The highest BCUT2D eigenvalue weighted by Gasteiger charge is 2.16. The minimum absolute atomic E-state index is 0.217. The first kappa shape index (κ1) is 24.0. The van der Waals surface area contributed by atoms with Crippen LogP contribution in [0, 0.1) is 0 Å². The van der Waals surface area contributed by atoms with E-state index in [1.54, 1.807) is 24.1 Å². The molecule has 176 valence electrons. The zero-order valence-electron chi connectivity index (χ0n) is 18.4. The van der Waals surface area contributed by atoms with Crippen molar-refractivity contribution in [1.82, 2.24) is 15.2 Å². The normalized spacial score (nSPS) is 10.8. The molecule has 0 radical (unpaired) electrons. The Kier molecular flexibility index (Phi) is 7.45. The number of ether oxygens (including phenoxy) is 1. The molecule has 8 nitrogen and oxygen atoms in total. The van der Waals surface area contributed by atoms with Crippen molar-refractivity contribution in [3.05, 3.63) is 94.6 Å². The number of anilines is 1. The van der Waals surface area contributed by atoms with E-state index in [0.29, 0.717) is 22.0 Å². The number of carbonyl (C=O) groups excluding carboxylic acids is 2. The van der Waals surface area contributed by atoms with Crippen molar-refractivity contribution in [1.29, 1.82) is 0 Å². The van der Waals surface area contributed by atoms with E-state index in [1.165, 1.54) is 18.3 Å². The lowest BCUT2D eigenvalue weighted by Crippen LogP contribution is -2.32. The Hall–Kier alpha value is -4.14. The van der Waals surface area contributed by atoms with E-state index in [1.807, 2.05) is 54.6 Å². The molecule has 0 aliphatic rings. The average Bonchev–Trinajstić information content (AvgIpc) is 3.31. The van der Waals surface area contributed by atoms with Crippen LogP contribution < -0.4 is 15.5 Å². The molecule has 4 aromatic rings. The fraction of sp³-hybridized carbons (Fsp3) is 0.0400. The molecule has 35 heavy (non-hydrogen) atoms. The van der Waals surface area contributed by atoms with E-state index in [2.05, 4.69) is 20.9 Å². The molecular weight excluding hydrogens is 489 g/mol. The lowest BCUT2D eigenvalue weighted by Gasteiger charge is -2.06. The number of halogens is 2. The number of amides is 2. The molecule has 1 aromatic heterocycles. The number of hydrazone groups is 1. The minimum Gasteiger partial charge on any atom is -0.497 e. The van der Waals surface area contributed by atoms with Crippen molar-refractivity contribution in [2.75, 3.05) is 12.4 Å². The highest BCUT2D eigenvalue weighted by Crippen LogP contribution is 2.26. The van der Waals surface area contributed by atoms with Crippen molar-refractivity contribution >= 4 is 46.9 Å². The SMILES string of the molecule is COc1ccc(-c2nn(-c3ccccc3)cc2C=NNC(=O)C(=O)Nc2cc(Cl)ccc2Cl)cc1. The number of hydrogen-bond acceptors (Lipinski definition) is 5. The first-order valence-corrected chi connectivity index (χ1v) is 11.1. The van der Waals surface area contributed by atoms with Crippen LogP contribution in [0.15, 0.2) is 84.1 Å². The monoisotopic (exact) mass is 507 g/mol. The van der Waals surface area contributed by atoms with E-state index in [-0.39, 0.29) is 10.7 Å². The van der Waals surface area contributed by atoms with E-state index in [9.17, 15) is 9.59 Å². The summed E-state index contributed by atoms with van der Waals surface area (Å²) in [7, 11) is 1.59. The van der Waals surface area contributed by atoms with Gasteiger partial charge in [0, 0.05) is 22.3 Å². The Morgan fingerprint density at radius 1 is 1.00 bits per heavy atom. The number of benzene rings is 3. The van der Waals surface area contributed by atoms with Crippen LogP contribution in [0.25, 0.3) is 16.9 Å². The van der Waals surface area contributed by atoms with Gasteiger partial charge in [0.2, 0.25) is 0 Å². The van der Waals surface area contributed by atoms with E-state index >= 15 is 0 Å². The molecule has 0 saturated heterocycles. The largest absolute Gasteiger partial charge is 0.497 e. The zero-order chi connectivity index (χ0) is 24.8. The Morgan fingerprint density at radius 2 is 1.74 bits per heavy atom. The maximum Gasteiger partial charge on any atom is 0.329 e. The van der Waals surface area contributed by atoms with E-state index in [4.69, 9.17) is 27.9 Å². The van der Waals surface area contributed by atoms with Gasteiger partial charge in [-0.1, -0.05) is 41.4 Å². The quantitative estimate of drug-likeness (QED) is 0.219. The van der Waals surface area contributed by atoms with Crippen LogP contribution in [-0.2, 0) is 9.59 Å². The van der Waals surface area contributed by atoms with Gasteiger partial charge in [-0.05, 0) is 54.6 Å². The van der Waals surface area contributed by atoms with Crippen LogP contribution >= 0.6 is 23.2 Å². The summed E-state index contributed by atoms with van der Waals surface area (Å²) in [6.07, 6.45) is 3.19. The molecule has 10 heteroatoms. The number of aromatic nitrogens is 2. The van der Waals surface area contributed by atoms with Gasteiger partial charge >= 0.3 is 11.8 Å². The summed E-state index contributed by atoms with van der Waals surface area (Å²) in [4.78, 5) is 24.5. The number of carbonyl (C=O) groups is 2. The molecule has 0 unspecified atom stereocenters. The van der Waals surface area contributed by atoms with Crippen LogP contribution in [0.5, 0.6) is 5.75 Å². The number of nitrogens with one attached hydrogen (secondary N) is 2. The number of hydrogen-bond donors (Lipinski definition) is 2. The summed E-state index contributed by atoms with van der Waals surface area (Å²) in [5.41, 5.74) is 5.36. The number of nitrogens with zero attached hydrogens (tertiary/aromatic N) is 3. The summed E-state index contributed by atoms with van der Waals surface area (Å²) in [6, 6.07) is 21.5. The fourth-order valence-corrected chi connectivity index (χ4v) is 3.49. The highest BCUT2D eigenvalue weighted by atomic mass is 35.5. The van der Waals surface area contributed by atoms with Crippen LogP contribution in [0.2, 0.25) is 10.0 Å². The third-order valence-electron chi connectivity index (χ3n) is 4.88. The van der Waals surface area contributed by atoms with Crippen LogP contribution in [0.3, 0.4) is 0 Å². The molecule has 0 bridgehead atoms. The lowest BCUT2D eigenvalue weighted by atomic mass is 10.1. The molecule has 0 aliphatic heterocycles. The topological polar surface area (TPSA) is 97.6 Å². The van der Waals surface area contributed by atoms with Crippen molar-refractivity contribution < 1.29 is 14.3 Å². The second kappa shape index (κ2) is 10.9. The molecule has 3 aromatic carbocycles. The van der Waals surface area contributed by atoms with Gasteiger partial charge in [0.25, 0.3) is 0 Å². The molecule has 0 fully saturated rings. The predicted octanol–water partition coefficient (Wildman–Crippen LogP) is 4.94. The molecule has 0 spiro atoms. The smallest absolute Gasteiger partial charge is 0.329 e. The van der Waals surface area contributed by atoms with E-state index in [0.717, 1.165) is 11.3 Å². The molecule has 2 amide bonds. The van der Waals surface area contributed by atoms with Crippen molar-refractivity contribution in [3.8, 4) is 22.7 Å². The van der Waals surface area contributed by atoms with Gasteiger partial charge in [0.05, 0.1) is 29.7 Å². The summed E-state index contributed by atoms with van der Waals surface area (Å²) in [5.74, 6) is -1.20. The van der Waals surface area contributed by atoms with E-state index < -0.39 is 11.8 Å². The Bertz CT molecular complexity index is 1390. The number of para-hydroxylation sites is 1. The molecule has 0 atom stereocenters. The number of methoxy groups -OCH3 is 1. The second-order valence-corrected chi connectivity index (χ2v) is 8.06. The van der Waals surface area contributed by atoms with Gasteiger partial charge in [-0.15, -0.1) is 0 Å². The van der Waals surface area contributed by atoms with Gasteiger partial charge in [-0.25, -0.2) is 10.1 Å². The first-order valence-electron chi connectivity index (χ1n) is 10.3. The Morgan fingerprint density at radius 3 is 2.46 bits per heavy atom. The summed E-state index contributed by atoms with van der Waals surface area (Å²) in [5, 5.41) is 11.6. The van der Waals surface area contributed by atoms with Crippen molar-refractivity contribution in [3.63, 3.8) is 0 Å². The first-order chi connectivity index (χ1) is 16.9. The van der Waals surface area contributed by atoms with Gasteiger partial charge in [-0.3, -0.25) is 9.59 Å². The molecular formula is C25H19Cl2N5O3. The summed E-state index contributed by atoms with van der Waals surface area (Å²) >= 11 is 11.9. The fourth-order valence-electron chi connectivity index (χ4n) is 3.15. The van der Waals surface area contributed by atoms with Gasteiger partial charge in [-0.2, -0.15) is 10.2 Å². The summed E-state index contributed by atoms with van der Waals surface area (Å²) in [6.45, 7) is 0. The minimum atomic E-state index is -0.973. The third kappa shape index (κ3) is 5.87. The molecule has 2 N–H and O–H groups in total. The Labute approximate surface area is 211 Å². The average molecular weight is 508 g/mol. The van der Waals surface area contributed by atoms with Crippen LogP contribution in [0.4, 0.5) is 5.69 Å². The highest BCUT2D eigenvalue weighted by molar-refractivity contribution is 6.42. The van der Waals surface area contributed by atoms with Crippen molar-refractivity contribution in [2.24, 2.45) is 5.10 Å². The maximum atomic E-state index is 12.2.